The maximum Gasteiger partial charge on any atom is 0.306 e. The Balaban J connectivity index is 1.45. The van der Waals surface area contributed by atoms with Crippen LogP contribution in [0, 0.1) is 0 Å². The number of nitrogen functional groups attached to an aromatic ring is 1. The van der Waals surface area contributed by atoms with Gasteiger partial charge in [-0.3, -0.25) is 4.79 Å². The third-order valence-corrected chi connectivity index (χ3v) is 8.88. The molecule has 0 spiro atoms. The second-order valence-corrected chi connectivity index (χ2v) is 13.1. The van der Waals surface area contributed by atoms with Gasteiger partial charge in [0.05, 0.1) is 24.1 Å². The van der Waals surface area contributed by atoms with E-state index in [0.29, 0.717) is 30.8 Å². The van der Waals surface area contributed by atoms with Crippen LogP contribution in [-0.4, -0.2) is 107 Å². The maximum absolute atomic E-state index is 13.0. The van der Waals surface area contributed by atoms with E-state index >= 15 is 0 Å². The highest BCUT2D eigenvalue weighted by molar-refractivity contribution is 6.06. The molecule has 1 aromatic carbocycles. The minimum absolute atomic E-state index is 0.148. The van der Waals surface area contributed by atoms with Crippen molar-refractivity contribution in [2.75, 3.05) is 71.7 Å². The highest BCUT2D eigenvalue weighted by Crippen LogP contribution is 2.30. The van der Waals surface area contributed by atoms with E-state index in [2.05, 4.69) is 64.3 Å². The molecule has 3 aromatic rings. The molecule has 0 saturated heterocycles. The van der Waals surface area contributed by atoms with Gasteiger partial charge in [0.2, 0.25) is 0 Å². The summed E-state index contributed by atoms with van der Waals surface area (Å²) in [6.45, 7) is 23.7. The second kappa shape index (κ2) is 19.1. The Labute approximate surface area is 278 Å². The van der Waals surface area contributed by atoms with Gasteiger partial charge in [-0.15, -0.1) is 0 Å². The van der Waals surface area contributed by atoms with E-state index in [4.69, 9.17) is 15.5 Å². The fourth-order valence-electron chi connectivity index (χ4n) is 6.21. The number of imidazole rings is 1. The number of nitrogens with two attached hydrogens (primary N) is 1. The van der Waals surface area contributed by atoms with Crippen LogP contribution in [0.1, 0.15) is 85.9 Å². The number of carbonyl (C=O) groups is 1. The molecular weight excluding hydrogens is 576 g/mol. The van der Waals surface area contributed by atoms with E-state index in [1.54, 1.807) is 0 Å². The molecule has 3 N–H and O–H groups in total. The first-order valence-electron chi connectivity index (χ1n) is 17.7. The number of benzene rings is 1. The molecule has 0 atom stereocenters. The Bertz CT molecular complexity index is 1340. The molecule has 0 aliphatic heterocycles. The molecule has 10 heteroatoms. The van der Waals surface area contributed by atoms with Crippen molar-refractivity contribution in [1.82, 2.24) is 34.6 Å². The van der Waals surface area contributed by atoms with Gasteiger partial charge in [-0.25, -0.2) is 9.97 Å². The molecule has 0 amide bonds. The van der Waals surface area contributed by atoms with Crippen LogP contribution in [0.5, 0.6) is 0 Å². The third kappa shape index (κ3) is 11.5. The van der Waals surface area contributed by atoms with E-state index in [1.807, 2.05) is 38.1 Å². The van der Waals surface area contributed by atoms with Gasteiger partial charge in [-0.05, 0) is 112 Å². The molecule has 0 aliphatic carbocycles. The fraction of sp³-hybridized carbons (Fsp3) is 0.694. The average molecular weight is 639 g/mol. The topological polar surface area (TPSA) is 105 Å². The first-order chi connectivity index (χ1) is 22.1. The maximum atomic E-state index is 13.0. The van der Waals surface area contributed by atoms with Crippen LogP contribution in [-0.2, 0) is 22.6 Å². The van der Waals surface area contributed by atoms with Crippen molar-refractivity contribution >= 4 is 33.7 Å². The highest BCUT2D eigenvalue weighted by atomic mass is 16.6. The zero-order valence-electron chi connectivity index (χ0n) is 29.9. The summed E-state index contributed by atoms with van der Waals surface area (Å²) in [5.41, 5.74) is 8.08. The lowest BCUT2D eigenvalue weighted by Gasteiger charge is -2.27. The van der Waals surface area contributed by atoms with Crippen LogP contribution in [0.2, 0.25) is 0 Å². The van der Waals surface area contributed by atoms with Crippen molar-refractivity contribution in [2.24, 2.45) is 0 Å². The number of hydrogen-bond acceptors (Lipinski definition) is 9. The van der Waals surface area contributed by atoms with Gasteiger partial charge in [-0.2, -0.15) is 0 Å². The normalized spacial score (nSPS) is 12.4. The van der Waals surface area contributed by atoms with Crippen LogP contribution >= 0.6 is 0 Å². The summed E-state index contributed by atoms with van der Waals surface area (Å²) in [5, 5.41) is 4.37. The Kier molecular flexibility index (Phi) is 15.7. The molecule has 0 saturated carbocycles. The van der Waals surface area contributed by atoms with Crippen molar-refractivity contribution in [3.8, 4) is 0 Å². The van der Waals surface area contributed by atoms with E-state index in [0.717, 1.165) is 93.9 Å². The summed E-state index contributed by atoms with van der Waals surface area (Å²) in [6.07, 6.45) is 5.82. The van der Waals surface area contributed by atoms with Crippen molar-refractivity contribution in [2.45, 2.75) is 98.8 Å². The smallest absolute Gasteiger partial charge is 0.306 e. The molecule has 46 heavy (non-hydrogen) atoms. The Hall–Kier alpha value is -2.79. The summed E-state index contributed by atoms with van der Waals surface area (Å²) in [7, 11) is 2.24. The van der Waals surface area contributed by atoms with Gasteiger partial charge >= 0.3 is 5.97 Å². The number of esters is 1. The van der Waals surface area contributed by atoms with E-state index in [-0.39, 0.29) is 5.97 Å². The first kappa shape index (κ1) is 37.7. The first-order valence-corrected chi connectivity index (χ1v) is 17.7. The lowest BCUT2D eigenvalue weighted by Crippen LogP contribution is -2.34. The number of para-hydroxylation sites is 1. The Morgan fingerprint density at radius 3 is 2.22 bits per heavy atom. The number of fused-ring (bicyclic) bond motifs is 3. The minimum atomic E-state index is -0.720. The average Bonchev–Trinajstić information content (AvgIpc) is 3.38. The molecule has 0 bridgehead atoms. The number of hydrogen-bond donors (Lipinski definition) is 2. The molecule has 2 heterocycles. The molecule has 0 fully saturated rings. The molecule has 2 aromatic heterocycles. The van der Waals surface area contributed by atoms with Gasteiger partial charge in [0.1, 0.15) is 16.9 Å². The molecule has 258 valence electrons. The molecule has 10 nitrogen and oxygen atoms in total. The van der Waals surface area contributed by atoms with Crippen molar-refractivity contribution in [1.29, 1.82) is 0 Å². The third-order valence-electron chi connectivity index (χ3n) is 8.88. The van der Waals surface area contributed by atoms with E-state index < -0.39 is 5.60 Å². The monoisotopic (exact) mass is 638 g/mol. The summed E-state index contributed by atoms with van der Waals surface area (Å²) >= 11 is 0. The molecule has 0 aliphatic rings. The lowest BCUT2D eigenvalue weighted by atomic mass is 10.1. The number of carbonyl (C=O) groups excluding carboxylic acids is 1. The predicted molar refractivity (Wildman–Crippen MR) is 192 cm³/mol. The van der Waals surface area contributed by atoms with Crippen molar-refractivity contribution in [3.63, 3.8) is 0 Å². The zero-order valence-corrected chi connectivity index (χ0v) is 29.9. The van der Waals surface area contributed by atoms with E-state index in [9.17, 15) is 4.79 Å². The van der Waals surface area contributed by atoms with Crippen LogP contribution in [0.3, 0.4) is 0 Å². The fourth-order valence-corrected chi connectivity index (χ4v) is 6.21. The molecule has 3 rings (SSSR count). The summed E-state index contributed by atoms with van der Waals surface area (Å²) in [5.74, 6) is 1.12. The number of pyridine rings is 1. The van der Waals surface area contributed by atoms with Crippen molar-refractivity contribution in [3.05, 3.63) is 30.1 Å². The van der Waals surface area contributed by atoms with Gasteiger partial charge < -0.3 is 35.1 Å². The molecule has 0 unspecified atom stereocenters. The van der Waals surface area contributed by atoms with Crippen LogP contribution in [0.25, 0.3) is 21.9 Å². The van der Waals surface area contributed by atoms with Crippen molar-refractivity contribution < 1.29 is 9.53 Å². The quantitative estimate of drug-likeness (QED) is 0.102. The summed E-state index contributed by atoms with van der Waals surface area (Å²) in [4.78, 5) is 29.9. The second-order valence-electron chi connectivity index (χ2n) is 13.1. The number of nitrogens with zero attached hydrogens (tertiary/aromatic N) is 6. The highest BCUT2D eigenvalue weighted by Gasteiger charge is 2.27. The minimum Gasteiger partial charge on any atom is -0.458 e. The number of rotatable bonds is 23. The van der Waals surface area contributed by atoms with Crippen LogP contribution < -0.4 is 11.1 Å². The van der Waals surface area contributed by atoms with Crippen LogP contribution in [0.15, 0.2) is 24.3 Å². The van der Waals surface area contributed by atoms with Crippen LogP contribution in [0.4, 0.5) is 5.82 Å². The zero-order chi connectivity index (χ0) is 33.5. The number of nitrogens with one attached hydrogen (secondary N) is 1. The number of ether oxygens (including phenoxy) is 1. The molecule has 0 radical (unpaired) electrons. The predicted octanol–water partition coefficient (Wildman–Crippen LogP) is 5.53. The number of aromatic nitrogens is 3. The number of anilines is 1. The number of unbranched alkanes of at least 4 members (excludes halogenated alkanes) is 2. The Morgan fingerprint density at radius 1 is 0.891 bits per heavy atom. The van der Waals surface area contributed by atoms with E-state index in [1.165, 1.54) is 19.4 Å². The summed E-state index contributed by atoms with van der Waals surface area (Å²) in [6, 6.07) is 7.97. The largest absolute Gasteiger partial charge is 0.458 e. The van der Waals surface area contributed by atoms with Gasteiger partial charge in [0.25, 0.3) is 0 Å². The van der Waals surface area contributed by atoms with Gasteiger partial charge in [0, 0.05) is 11.8 Å². The molecular formula is C36H62N8O2. The lowest BCUT2D eigenvalue weighted by molar-refractivity contribution is -0.157. The Morgan fingerprint density at radius 2 is 1.54 bits per heavy atom. The standard InChI is InChI=1S/C36H62N8O2/c1-8-38-27-31-40-33-34(29-19-14-15-20-30(29)39-35(33)37)44(31)28-36(5,6)46-32(45)21-13-12-16-24-43(11-4)26-18-23-41(7)22-17-25-42(9-2)10-3/h14-15,19-20,38H,8-13,16-18,21-28H2,1-7H3,(H2,37,39). The summed E-state index contributed by atoms with van der Waals surface area (Å²) < 4.78 is 8.22. The van der Waals surface area contributed by atoms with Gasteiger partial charge in [0.15, 0.2) is 5.82 Å². The van der Waals surface area contributed by atoms with Gasteiger partial charge in [-0.1, -0.05) is 52.3 Å². The SMILES string of the molecule is CCNCc1nc2c(N)nc3ccccc3c2n1CC(C)(C)OC(=O)CCCCCN(CC)CCCN(C)CCCN(CC)CC.